The molecule has 0 bridgehead atoms. The third-order valence-electron chi connectivity index (χ3n) is 5.37. The monoisotopic (exact) mass is 457 g/mol. The van der Waals surface area contributed by atoms with Crippen molar-refractivity contribution in [2.75, 3.05) is 12.1 Å². The molecule has 34 heavy (non-hydrogen) atoms. The van der Waals surface area contributed by atoms with Crippen LogP contribution in [0.4, 0.5) is 5.69 Å². The second-order valence-electron chi connectivity index (χ2n) is 8.15. The molecule has 3 heterocycles. The van der Waals surface area contributed by atoms with Gasteiger partial charge < -0.3 is 19.5 Å². The predicted octanol–water partition coefficient (Wildman–Crippen LogP) is 3.99. The summed E-state index contributed by atoms with van der Waals surface area (Å²) in [7, 11) is 0. The van der Waals surface area contributed by atoms with Gasteiger partial charge in [0.05, 0.1) is 23.9 Å². The Balaban J connectivity index is 1.51. The van der Waals surface area contributed by atoms with Gasteiger partial charge in [0.2, 0.25) is 6.79 Å². The SMILES string of the molecule is CC(C)Oc1ccc(C2=C(Nc3ccc4c(c3)OCO4)C(=O)N(Cc3ccccn3)C2=O)cc1. The van der Waals surface area contributed by atoms with Crippen LogP contribution in [0.2, 0.25) is 0 Å². The maximum absolute atomic E-state index is 13.5. The molecule has 2 aliphatic heterocycles. The number of aromatic nitrogens is 1. The normalized spacial score (nSPS) is 14.9. The van der Waals surface area contributed by atoms with Crippen molar-refractivity contribution in [1.82, 2.24) is 9.88 Å². The number of hydrogen-bond donors (Lipinski definition) is 1. The summed E-state index contributed by atoms with van der Waals surface area (Å²) in [5.41, 5.74) is 2.32. The van der Waals surface area contributed by atoms with Crippen molar-refractivity contribution in [3.63, 3.8) is 0 Å². The Morgan fingerprint density at radius 1 is 1.00 bits per heavy atom. The van der Waals surface area contributed by atoms with Crippen molar-refractivity contribution in [3.8, 4) is 17.2 Å². The average Bonchev–Trinajstić information content (AvgIpc) is 3.38. The van der Waals surface area contributed by atoms with E-state index in [4.69, 9.17) is 14.2 Å². The summed E-state index contributed by atoms with van der Waals surface area (Å²) in [5.74, 6) is 1.07. The molecule has 0 saturated carbocycles. The first kappa shape index (κ1) is 21.5. The van der Waals surface area contributed by atoms with Gasteiger partial charge in [0.25, 0.3) is 11.8 Å². The first-order valence-corrected chi connectivity index (χ1v) is 10.9. The molecule has 8 nitrogen and oxygen atoms in total. The van der Waals surface area contributed by atoms with E-state index < -0.39 is 11.8 Å². The highest BCUT2D eigenvalue weighted by Crippen LogP contribution is 2.37. The van der Waals surface area contributed by atoms with Gasteiger partial charge in [0.1, 0.15) is 11.4 Å². The summed E-state index contributed by atoms with van der Waals surface area (Å²) < 4.78 is 16.5. The number of fused-ring (bicyclic) bond motifs is 1. The van der Waals surface area contributed by atoms with Crippen LogP contribution in [0.5, 0.6) is 17.2 Å². The molecule has 2 amide bonds. The number of nitrogens with zero attached hydrogens (tertiary/aromatic N) is 2. The van der Waals surface area contributed by atoms with Crippen molar-refractivity contribution in [2.24, 2.45) is 0 Å². The van der Waals surface area contributed by atoms with E-state index in [0.717, 1.165) is 0 Å². The van der Waals surface area contributed by atoms with E-state index in [-0.39, 0.29) is 30.7 Å². The Bertz CT molecular complexity index is 1270. The van der Waals surface area contributed by atoms with Gasteiger partial charge in [-0.15, -0.1) is 0 Å². The number of carbonyl (C=O) groups is 2. The first-order valence-electron chi connectivity index (χ1n) is 10.9. The summed E-state index contributed by atoms with van der Waals surface area (Å²) in [6.07, 6.45) is 1.66. The summed E-state index contributed by atoms with van der Waals surface area (Å²) >= 11 is 0. The van der Waals surface area contributed by atoms with E-state index in [1.165, 1.54) is 4.90 Å². The Labute approximate surface area is 196 Å². The lowest BCUT2D eigenvalue weighted by Crippen LogP contribution is -2.32. The van der Waals surface area contributed by atoms with Crippen LogP contribution in [0.25, 0.3) is 5.57 Å². The van der Waals surface area contributed by atoms with Crippen molar-refractivity contribution in [3.05, 3.63) is 83.8 Å². The predicted molar refractivity (Wildman–Crippen MR) is 125 cm³/mol. The standard InChI is InChI=1S/C26H23N3O5/c1-16(2)34-20-9-6-17(7-10-20)23-24(28-18-8-11-21-22(13-18)33-15-32-21)26(31)29(25(23)30)14-19-5-3-4-12-27-19/h3-13,16,28H,14-15H2,1-2H3. The quantitative estimate of drug-likeness (QED) is 0.537. The van der Waals surface area contributed by atoms with Crippen molar-refractivity contribution < 1.29 is 23.8 Å². The van der Waals surface area contributed by atoms with Gasteiger partial charge in [0.15, 0.2) is 11.5 Å². The molecular formula is C26H23N3O5. The molecule has 1 aromatic heterocycles. The van der Waals surface area contributed by atoms with E-state index in [1.54, 1.807) is 60.8 Å². The number of pyridine rings is 1. The Morgan fingerprint density at radius 2 is 1.79 bits per heavy atom. The van der Waals surface area contributed by atoms with E-state index in [9.17, 15) is 9.59 Å². The van der Waals surface area contributed by atoms with Gasteiger partial charge in [-0.05, 0) is 55.8 Å². The van der Waals surface area contributed by atoms with Crippen LogP contribution in [0, 0.1) is 0 Å². The lowest BCUT2D eigenvalue weighted by atomic mass is 10.0. The second-order valence-corrected chi connectivity index (χ2v) is 8.15. The van der Waals surface area contributed by atoms with E-state index >= 15 is 0 Å². The van der Waals surface area contributed by atoms with Gasteiger partial charge in [-0.2, -0.15) is 0 Å². The fourth-order valence-corrected chi connectivity index (χ4v) is 3.85. The molecule has 172 valence electrons. The van der Waals surface area contributed by atoms with Gasteiger partial charge in [-0.1, -0.05) is 18.2 Å². The molecule has 0 atom stereocenters. The molecule has 0 aliphatic carbocycles. The molecule has 1 N–H and O–H groups in total. The third-order valence-corrected chi connectivity index (χ3v) is 5.37. The number of imide groups is 1. The highest BCUT2D eigenvalue weighted by atomic mass is 16.7. The third kappa shape index (κ3) is 4.17. The zero-order valence-corrected chi connectivity index (χ0v) is 18.8. The molecule has 0 unspecified atom stereocenters. The molecule has 5 rings (SSSR count). The Hall–Kier alpha value is -4.33. The van der Waals surface area contributed by atoms with Crippen LogP contribution in [0.3, 0.4) is 0 Å². The number of anilines is 1. The van der Waals surface area contributed by atoms with Crippen LogP contribution < -0.4 is 19.5 Å². The number of rotatable bonds is 7. The zero-order valence-electron chi connectivity index (χ0n) is 18.8. The fourth-order valence-electron chi connectivity index (χ4n) is 3.85. The highest BCUT2D eigenvalue weighted by Gasteiger charge is 2.39. The zero-order chi connectivity index (χ0) is 23.7. The van der Waals surface area contributed by atoms with Gasteiger partial charge in [-0.25, -0.2) is 0 Å². The van der Waals surface area contributed by atoms with E-state index in [0.29, 0.717) is 34.2 Å². The Kier molecular flexibility index (Phi) is 5.63. The maximum Gasteiger partial charge on any atom is 0.278 e. The molecule has 0 radical (unpaired) electrons. The molecule has 2 aromatic carbocycles. The smallest absolute Gasteiger partial charge is 0.278 e. The molecule has 0 saturated heterocycles. The van der Waals surface area contributed by atoms with Crippen LogP contribution in [-0.2, 0) is 16.1 Å². The number of benzene rings is 2. The number of hydrogen-bond acceptors (Lipinski definition) is 7. The van der Waals surface area contributed by atoms with Crippen LogP contribution >= 0.6 is 0 Å². The first-order chi connectivity index (χ1) is 16.5. The molecular weight excluding hydrogens is 434 g/mol. The largest absolute Gasteiger partial charge is 0.491 e. The van der Waals surface area contributed by atoms with E-state index in [2.05, 4.69) is 10.3 Å². The van der Waals surface area contributed by atoms with Crippen LogP contribution in [0.15, 0.2) is 72.6 Å². The topological polar surface area (TPSA) is 90.0 Å². The Morgan fingerprint density at radius 3 is 2.53 bits per heavy atom. The minimum Gasteiger partial charge on any atom is -0.491 e. The minimum absolute atomic E-state index is 0.0249. The number of ether oxygens (including phenoxy) is 3. The lowest BCUT2D eigenvalue weighted by molar-refractivity contribution is -0.137. The maximum atomic E-state index is 13.5. The number of nitrogens with one attached hydrogen (secondary N) is 1. The van der Waals surface area contributed by atoms with Gasteiger partial charge >= 0.3 is 0 Å². The van der Waals surface area contributed by atoms with E-state index in [1.807, 2.05) is 19.9 Å². The highest BCUT2D eigenvalue weighted by molar-refractivity contribution is 6.36. The van der Waals surface area contributed by atoms with Gasteiger partial charge in [0, 0.05) is 18.0 Å². The van der Waals surface area contributed by atoms with Crippen molar-refractivity contribution in [2.45, 2.75) is 26.5 Å². The number of carbonyl (C=O) groups excluding carboxylic acids is 2. The molecule has 0 fully saturated rings. The van der Waals surface area contributed by atoms with Crippen LogP contribution in [0.1, 0.15) is 25.1 Å². The fraction of sp³-hybridized carbons (Fsp3) is 0.192. The summed E-state index contributed by atoms with van der Waals surface area (Å²) in [6.45, 7) is 4.10. The lowest BCUT2D eigenvalue weighted by Gasteiger charge is -2.15. The van der Waals surface area contributed by atoms with Gasteiger partial charge in [-0.3, -0.25) is 19.5 Å². The molecule has 0 spiro atoms. The van der Waals surface area contributed by atoms with Crippen molar-refractivity contribution >= 4 is 23.1 Å². The second kappa shape index (κ2) is 8.90. The minimum atomic E-state index is -0.425. The summed E-state index contributed by atoms with van der Waals surface area (Å²) in [5, 5.41) is 3.14. The summed E-state index contributed by atoms with van der Waals surface area (Å²) in [6, 6.07) is 17.8. The van der Waals surface area contributed by atoms with Crippen molar-refractivity contribution in [1.29, 1.82) is 0 Å². The molecule has 8 heteroatoms. The van der Waals surface area contributed by atoms with Crippen LogP contribution in [-0.4, -0.2) is 34.6 Å². The summed E-state index contributed by atoms with van der Waals surface area (Å²) in [4.78, 5) is 32.4. The molecule has 3 aromatic rings. The average molecular weight is 457 g/mol. The number of amides is 2. The molecule has 2 aliphatic rings.